The minimum absolute atomic E-state index is 0.118. The number of rotatable bonds is 2. The quantitative estimate of drug-likeness (QED) is 0.191. The van der Waals surface area contributed by atoms with Crippen LogP contribution in [0.25, 0.3) is 83.3 Å². The minimum Gasteiger partial charge on any atom is -0.453 e. The summed E-state index contributed by atoms with van der Waals surface area (Å²) < 4.78 is 9.41. The molecular formula is C46H28N2O. The second-order valence-corrected chi connectivity index (χ2v) is 13.6. The van der Waals surface area contributed by atoms with Crippen LogP contribution in [0.5, 0.6) is 0 Å². The first kappa shape index (κ1) is 25.7. The van der Waals surface area contributed by atoms with Gasteiger partial charge in [-0.25, -0.2) is 0 Å². The second kappa shape index (κ2) is 9.18. The Morgan fingerprint density at radius 2 is 1.14 bits per heavy atom. The third-order valence-electron chi connectivity index (χ3n) is 11.2. The fourth-order valence-corrected chi connectivity index (χ4v) is 9.17. The van der Waals surface area contributed by atoms with Crippen molar-refractivity contribution >= 4 is 83.6 Å². The largest absolute Gasteiger partial charge is 0.453 e. The number of hydrogen-bond donors (Lipinski definition) is 0. The fourth-order valence-electron chi connectivity index (χ4n) is 9.17. The summed E-state index contributed by atoms with van der Waals surface area (Å²) in [7, 11) is 0. The highest BCUT2D eigenvalue weighted by Gasteiger charge is 2.39. The van der Waals surface area contributed by atoms with E-state index in [9.17, 15) is 0 Å². The van der Waals surface area contributed by atoms with Crippen molar-refractivity contribution in [1.29, 1.82) is 0 Å². The Morgan fingerprint density at radius 3 is 2.06 bits per heavy atom. The summed E-state index contributed by atoms with van der Waals surface area (Å²) in [6.45, 7) is 0. The first-order valence-electron chi connectivity index (χ1n) is 17.1. The number of anilines is 2. The molecule has 3 aromatic heterocycles. The molecule has 7 aromatic carbocycles. The molecule has 1 aliphatic heterocycles. The van der Waals surface area contributed by atoms with Crippen LogP contribution in [0.2, 0.25) is 0 Å². The van der Waals surface area contributed by atoms with E-state index in [1.165, 1.54) is 59.8 Å². The van der Waals surface area contributed by atoms with E-state index in [0.717, 1.165) is 38.8 Å². The van der Waals surface area contributed by atoms with Gasteiger partial charge in [0.15, 0.2) is 5.58 Å². The SMILES string of the molecule is C1=c2cc3c4cccc5c6ccccc6n(c3cc2=CC2c3ccccc3N(c3cccc6c3oc3c(-c7ccccc7)cccc36)C12)c54. The molecule has 0 bridgehead atoms. The second-order valence-electron chi connectivity index (χ2n) is 13.6. The van der Waals surface area contributed by atoms with Crippen LogP contribution < -0.4 is 15.3 Å². The van der Waals surface area contributed by atoms with Crippen LogP contribution in [0, 0.1) is 0 Å². The lowest BCUT2D eigenvalue weighted by atomic mass is 9.89. The van der Waals surface area contributed by atoms with Gasteiger partial charge in [0, 0.05) is 49.5 Å². The number of para-hydroxylation sites is 5. The summed E-state index contributed by atoms with van der Waals surface area (Å²) in [5.74, 6) is 0.214. The first-order chi connectivity index (χ1) is 24.3. The first-order valence-corrected chi connectivity index (χ1v) is 17.1. The molecule has 2 aliphatic rings. The standard InChI is InChI=1S/C46H28N2O/c1-2-11-27(12-3-1)30-15-8-18-35-36-19-10-22-41(46(36)49-45(30)35)47-39-20-6-5-14-32(39)37-23-28-26-43-38(24-29(28)25-42(37)47)34-17-9-16-33-31-13-4-7-21-40(31)48(43)44(33)34/h1-26,37,42H. The van der Waals surface area contributed by atoms with Crippen molar-refractivity contribution in [3.05, 3.63) is 162 Å². The molecule has 0 radical (unpaired) electrons. The molecule has 0 N–H and O–H groups in total. The maximum atomic E-state index is 6.93. The highest BCUT2D eigenvalue weighted by atomic mass is 16.3. The van der Waals surface area contributed by atoms with Gasteiger partial charge in [0.1, 0.15) is 5.58 Å². The van der Waals surface area contributed by atoms with Gasteiger partial charge in [0.2, 0.25) is 0 Å². The van der Waals surface area contributed by atoms with E-state index in [2.05, 4.69) is 167 Å². The van der Waals surface area contributed by atoms with Crippen molar-refractivity contribution in [3.63, 3.8) is 0 Å². The van der Waals surface area contributed by atoms with E-state index < -0.39 is 0 Å². The maximum Gasteiger partial charge on any atom is 0.159 e. The molecule has 10 aromatic rings. The number of nitrogens with zero attached hydrogens (tertiary/aromatic N) is 2. The number of benzene rings is 7. The normalized spacial score (nSPS) is 16.9. The van der Waals surface area contributed by atoms with Gasteiger partial charge in [-0.1, -0.05) is 127 Å². The van der Waals surface area contributed by atoms with Crippen molar-refractivity contribution < 1.29 is 4.42 Å². The Bertz CT molecular complexity index is 3130. The minimum atomic E-state index is 0.118. The van der Waals surface area contributed by atoms with Gasteiger partial charge in [0.25, 0.3) is 0 Å². The summed E-state index contributed by atoms with van der Waals surface area (Å²) in [5.41, 5.74) is 11.7. The lowest BCUT2D eigenvalue weighted by molar-refractivity contribution is 0.667. The van der Waals surface area contributed by atoms with Crippen molar-refractivity contribution in [3.8, 4) is 11.1 Å². The van der Waals surface area contributed by atoms with Crippen molar-refractivity contribution in [2.24, 2.45) is 0 Å². The number of aromatic nitrogens is 1. The van der Waals surface area contributed by atoms with Crippen molar-refractivity contribution in [2.75, 3.05) is 4.90 Å². The predicted octanol–water partition coefficient (Wildman–Crippen LogP) is 10.3. The zero-order chi connectivity index (χ0) is 31.8. The topological polar surface area (TPSA) is 20.8 Å². The molecule has 0 saturated heterocycles. The molecule has 1 aliphatic carbocycles. The molecular weight excluding hydrogens is 597 g/mol. The highest BCUT2D eigenvalue weighted by Crippen LogP contribution is 2.50. The van der Waals surface area contributed by atoms with Gasteiger partial charge in [-0.3, -0.25) is 0 Å². The van der Waals surface area contributed by atoms with Crippen LogP contribution in [-0.4, -0.2) is 10.4 Å². The van der Waals surface area contributed by atoms with Crippen LogP contribution >= 0.6 is 0 Å². The van der Waals surface area contributed by atoms with E-state index in [4.69, 9.17) is 4.42 Å². The monoisotopic (exact) mass is 624 g/mol. The van der Waals surface area contributed by atoms with Gasteiger partial charge in [-0.2, -0.15) is 0 Å². The molecule has 0 saturated carbocycles. The molecule has 12 rings (SSSR count). The third-order valence-corrected chi connectivity index (χ3v) is 11.2. The lowest BCUT2D eigenvalue weighted by Crippen LogP contribution is -2.38. The fraction of sp³-hybridized carbons (Fsp3) is 0.0435. The smallest absolute Gasteiger partial charge is 0.159 e. The predicted molar refractivity (Wildman–Crippen MR) is 204 cm³/mol. The Morgan fingerprint density at radius 1 is 0.469 bits per heavy atom. The molecule has 0 fully saturated rings. The molecule has 4 heterocycles. The summed E-state index contributed by atoms with van der Waals surface area (Å²) in [4.78, 5) is 2.53. The van der Waals surface area contributed by atoms with Gasteiger partial charge in [0.05, 0.1) is 28.3 Å². The molecule has 3 nitrogen and oxygen atoms in total. The van der Waals surface area contributed by atoms with Crippen LogP contribution in [-0.2, 0) is 0 Å². The number of fused-ring (bicyclic) bond motifs is 13. The average molecular weight is 625 g/mol. The molecule has 2 atom stereocenters. The van der Waals surface area contributed by atoms with Crippen LogP contribution in [0.15, 0.2) is 150 Å². The number of hydrogen-bond acceptors (Lipinski definition) is 2. The van der Waals surface area contributed by atoms with Gasteiger partial charge in [-0.15, -0.1) is 0 Å². The van der Waals surface area contributed by atoms with Crippen molar-refractivity contribution in [2.45, 2.75) is 12.0 Å². The Balaban J connectivity index is 1.11. The van der Waals surface area contributed by atoms with E-state index in [-0.39, 0.29) is 12.0 Å². The molecule has 2 unspecified atom stereocenters. The van der Waals surface area contributed by atoms with E-state index >= 15 is 0 Å². The third kappa shape index (κ3) is 3.27. The van der Waals surface area contributed by atoms with E-state index in [1.807, 2.05) is 0 Å². The number of furan rings is 1. The molecule has 49 heavy (non-hydrogen) atoms. The molecule has 3 heteroatoms. The van der Waals surface area contributed by atoms with E-state index in [0.29, 0.717) is 0 Å². The van der Waals surface area contributed by atoms with Crippen molar-refractivity contribution in [1.82, 2.24) is 4.40 Å². The molecule has 0 amide bonds. The summed E-state index contributed by atoms with van der Waals surface area (Å²) >= 11 is 0. The van der Waals surface area contributed by atoms with Crippen LogP contribution in [0.4, 0.5) is 11.4 Å². The van der Waals surface area contributed by atoms with Gasteiger partial charge < -0.3 is 13.7 Å². The Kier molecular flexibility index (Phi) is 4.82. The van der Waals surface area contributed by atoms with Gasteiger partial charge >= 0.3 is 0 Å². The highest BCUT2D eigenvalue weighted by molar-refractivity contribution is 6.23. The summed E-state index contributed by atoms with van der Waals surface area (Å²) in [5, 5.41) is 10.1. The lowest BCUT2D eigenvalue weighted by Gasteiger charge is -2.29. The summed E-state index contributed by atoms with van der Waals surface area (Å²) in [6.07, 6.45) is 5.01. The zero-order valence-corrected chi connectivity index (χ0v) is 26.5. The van der Waals surface area contributed by atoms with E-state index in [1.54, 1.807) is 0 Å². The summed E-state index contributed by atoms with van der Waals surface area (Å²) in [6, 6.07) is 53.2. The van der Waals surface area contributed by atoms with Crippen LogP contribution in [0.1, 0.15) is 11.5 Å². The maximum absolute atomic E-state index is 6.93. The van der Waals surface area contributed by atoms with Gasteiger partial charge in [-0.05, 0) is 51.9 Å². The molecule has 0 spiro atoms. The Labute approximate surface area is 281 Å². The van der Waals surface area contributed by atoms with Crippen LogP contribution in [0.3, 0.4) is 0 Å². The molecule has 228 valence electrons. The average Bonchev–Trinajstić information content (AvgIpc) is 3.89. The Hall–Kier alpha value is -6.32. The zero-order valence-electron chi connectivity index (χ0n) is 26.5.